The van der Waals surface area contributed by atoms with Crippen molar-refractivity contribution in [3.05, 3.63) is 48.8 Å². The number of ether oxygens (including phenoxy) is 1. The van der Waals surface area contributed by atoms with Gasteiger partial charge in [0.15, 0.2) is 11.5 Å². The third-order valence-corrected chi connectivity index (χ3v) is 5.56. The number of nitrogens with zero attached hydrogens (tertiary/aromatic N) is 7. The van der Waals surface area contributed by atoms with E-state index in [1.165, 1.54) is 18.9 Å². The van der Waals surface area contributed by atoms with Crippen molar-refractivity contribution in [1.82, 2.24) is 34.8 Å². The highest BCUT2D eigenvalue weighted by Gasteiger charge is 2.28. The van der Waals surface area contributed by atoms with Crippen LogP contribution in [0.2, 0.25) is 0 Å². The normalized spacial score (nSPS) is 15.5. The Labute approximate surface area is 195 Å². The highest BCUT2D eigenvalue weighted by Crippen LogP contribution is 2.40. The van der Waals surface area contributed by atoms with Gasteiger partial charge in [-0.2, -0.15) is 0 Å². The second-order valence-corrected chi connectivity index (χ2v) is 8.13. The van der Waals surface area contributed by atoms with E-state index in [0.29, 0.717) is 24.7 Å². The number of hydrogen-bond acceptors (Lipinski definition) is 10. The van der Waals surface area contributed by atoms with Crippen molar-refractivity contribution in [2.75, 3.05) is 23.7 Å². The number of rotatable bonds is 6. The molecular weight excluding hydrogens is 438 g/mol. The molecule has 3 aromatic heterocycles. The predicted octanol–water partition coefficient (Wildman–Crippen LogP) is 2.91. The Morgan fingerprint density at radius 1 is 0.941 bits per heavy atom. The van der Waals surface area contributed by atoms with E-state index in [2.05, 4.69) is 40.5 Å². The van der Waals surface area contributed by atoms with Crippen LogP contribution in [0.3, 0.4) is 0 Å². The molecule has 2 fully saturated rings. The maximum atomic E-state index is 12.9. The number of carbonyl (C=O) groups excluding carboxylic acids is 2. The van der Waals surface area contributed by atoms with Crippen LogP contribution in [0.1, 0.15) is 54.2 Å². The zero-order chi connectivity index (χ0) is 23.3. The summed E-state index contributed by atoms with van der Waals surface area (Å²) in [5.41, 5.74) is 1.60. The van der Waals surface area contributed by atoms with Crippen LogP contribution >= 0.6 is 0 Å². The van der Waals surface area contributed by atoms with E-state index in [0.717, 1.165) is 37.8 Å². The Morgan fingerprint density at radius 2 is 1.71 bits per heavy atom. The second kappa shape index (κ2) is 9.73. The van der Waals surface area contributed by atoms with Crippen molar-refractivity contribution < 1.29 is 14.3 Å². The van der Waals surface area contributed by atoms with Crippen LogP contribution < -0.4 is 15.4 Å². The SMILES string of the molecule is O=C(Nc1cncnc1C(=O)N1CCCCC1)Oc1nc(C2CC2)cnc1Nc1cncnc1. The van der Waals surface area contributed by atoms with Gasteiger partial charge in [-0.05, 0) is 32.1 Å². The van der Waals surface area contributed by atoms with Crippen LogP contribution in [-0.2, 0) is 0 Å². The van der Waals surface area contributed by atoms with E-state index in [4.69, 9.17) is 4.74 Å². The minimum absolute atomic E-state index is 0.00603. The Bertz CT molecular complexity index is 1180. The maximum absolute atomic E-state index is 12.9. The van der Waals surface area contributed by atoms with Crippen LogP contribution in [0.5, 0.6) is 5.88 Å². The van der Waals surface area contributed by atoms with Gasteiger partial charge in [0.1, 0.15) is 12.7 Å². The van der Waals surface area contributed by atoms with Crippen molar-refractivity contribution in [3.63, 3.8) is 0 Å². The van der Waals surface area contributed by atoms with Gasteiger partial charge in [0.25, 0.3) is 11.8 Å². The van der Waals surface area contributed by atoms with E-state index >= 15 is 0 Å². The van der Waals surface area contributed by atoms with Gasteiger partial charge in [-0.3, -0.25) is 10.1 Å². The molecule has 3 aromatic rings. The fourth-order valence-electron chi connectivity index (χ4n) is 3.68. The van der Waals surface area contributed by atoms with E-state index < -0.39 is 6.09 Å². The number of aromatic nitrogens is 6. The van der Waals surface area contributed by atoms with Gasteiger partial charge >= 0.3 is 6.09 Å². The Hall–Kier alpha value is -4.22. The quantitative estimate of drug-likeness (QED) is 0.561. The molecule has 0 unspecified atom stereocenters. The lowest BCUT2D eigenvalue weighted by molar-refractivity contribution is 0.0719. The van der Waals surface area contributed by atoms with Crippen LogP contribution in [-0.4, -0.2) is 59.9 Å². The molecule has 1 aliphatic heterocycles. The first-order valence-corrected chi connectivity index (χ1v) is 11.1. The third kappa shape index (κ3) is 5.05. The van der Waals surface area contributed by atoms with E-state index in [-0.39, 0.29) is 29.0 Å². The zero-order valence-electron chi connectivity index (χ0n) is 18.3. The maximum Gasteiger partial charge on any atom is 0.418 e. The number of carbonyl (C=O) groups is 2. The van der Waals surface area contributed by atoms with Crippen LogP contribution in [0.25, 0.3) is 0 Å². The minimum Gasteiger partial charge on any atom is -0.387 e. The number of nitrogens with one attached hydrogen (secondary N) is 2. The lowest BCUT2D eigenvalue weighted by atomic mass is 10.1. The molecule has 1 aliphatic carbocycles. The molecule has 174 valence electrons. The summed E-state index contributed by atoms with van der Waals surface area (Å²) >= 11 is 0. The number of amides is 2. The van der Waals surface area contributed by atoms with Crippen molar-refractivity contribution in [3.8, 4) is 5.88 Å². The standard InChI is InChI=1S/C22H23N9O3/c32-21(31-6-2-1-3-7-31)18-17(10-25-13-27-18)30-22(33)34-20-19(28-15-8-23-12-24-9-15)26-11-16(29-20)14-4-5-14/h8-14H,1-7H2,(H,26,28)(H,30,33). The topological polar surface area (TPSA) is 148 Å². The van der Waals surface area contributed by atoms with Gasteiger partial charge in [0.05, 0.1) is 41.9 Å². The molecular formula is C22H23N9O3. The predicted molar refractivity (Wildman–Crippen MR) is 121 cm³/mol. The molecule has 4 heterocycles. The molecule has 0 bridgehead atoms. The molecule has 2 aliphatic rings. The summed E-state index contributed by atoms with van der Waals surface area (Å²) in [4.78, 5) is 52.3. The van der Waals surface area contributed by atoms with Gasteiger partial charge in [-0.25, -0.2) is 34.7 Å². The zero-order valence-corrected chi connectivity index (χ0v) is 18.3. The smallest absolute Gasteiger partial charge is 0.387 e. The van der Waals surface area contributed by atoms with Gasteiger partial charge in [-0.1, -0.05) is 0 Å². The molecule has 0 aromatic carbocycles. The number of piperidine rings is 1. The number of hydrogen-bond donors (Lipinski definition) is 2. The molecule has 1 saturated carbocycles. The lowest BCUT2D eigenvalue weighted by Gasteiger charge is -2.26. The monoisotopic (exact) mass is 461 g/mol. The summed E-state index contributed by atoms with van der Waals surface area (Å²) in [6.45, 7) is 1.32. The summed E-state index contributed by atoms with van der Waals surface area (Å²) in [7, 11) is 0. The van der Waals surface area contributed by atoms with Crippen LogP contribution in [0, 0.1) is 0 Å². The van der Waals surface area contributed by atoms with Crippen molar-refractivity contribution in [1.29, 1.82) is 0 Å². The fraction of sp³-hybridized carbons (Fsp3) is 0.364. The Kier molecular flexibility index (Phi) is 6.19. The molecule has 0 radical (unpaired) electrons. The summed E-state index contributed by atoms with van der Waals surface area (Å²) in [6.07, 6.45) is 13.0. The second-order valence-electron chi connectivity index (χ2n) is 8.13. The molecule has 2 N–H and O–H groups in total. The van der Waals surface area contributed by atoms with Crippen LogP contribution in [0.15, 0.2) is 37.4 Å². The average molecular weight is 461 g/mol. The van der Waals surface area contributed by atoms with Gasteiger partial charge < -0.3 is 15.0 Å². The van der Waals surface area contributed by atoms with E-state index in [1.54, 1.807) is 23.5 Å². The fourth-order valence-corrected chi connectivity index (χ4v) is 3.68. The summed E-state index contributed by atoms with van der Waals surface area (Å²) in [5, 5.41) is 5.59. The lowest BCUT2D eigenvalue weighted by Crippen LogP contribution is -2.36. The third-order valence-electron chi connectivity index (χ3n) is 5.56. The molecule has 0 spiro atoms. The van der Waals surface area contributed by atoms with Crippen molar-refractivity contribution in [2.24, 2.45) is 0 Å². The van der Waals surface area contributed by atoms with E-state index in [1.807, 2.05) is 0 Å². The molecule has 12 heteroatoms. The highest BCUT2D eigenvalue weighted by molar-refractivity contribution is 6.01. The summed E-state index contributed by atoms with van der Waals surface area (Å²) in [6, 6.07) is 0. The van der Waals surface area contributed by atoms with Gasteiger partial charge in [0.2, 0.25) is 0 Å². The first-order valence-electron chi connectivity index (χ1n) is 11.1. The Balaban J connectivity index is 1.34. The van der Waals surface area contributed by atoms with Gasteiger partial charge in [-0.15, -0.1) is 0 Å². The molecule has 12 nitrogen and oxygen atoms in total. The highest BCUT2D eigenvalue weighted by atomic mass is 16.6. The number of anilines is 3. The van der Waals surface area contributed by atoms with Crippen molar-refractivity contribution in [2.45, 2.75) is 38.0 Å². The summed E-state index contributed by atoms with van der Waals surface area (Å²) < 4.78 is 5.51. The first-order chi connectivity index (χ1) is 16.7. The Morgan fingerprint density at radius 3 is 2.47 bits per heavy atom. The molecule has 5 rings (SSSR count). The van der Waals surface area contributed by atoms with E-state index in [9.17, 15) is 9.59 Å². The molecule has 1 saturated heterocycles. The minimum atomic E-state index is -0.836. The molecule has 2 amide bonds. The first kappa shape index (κ1) is 21.6. The number of likely N-dealkylation sites (tertiary alicyclic amines) is 1. The molecule has 0 atom stereocenters. The van der Waals surface area contributed by atoms with Crippen LogP contribution in [0.4, 0.5) is 22.0 Å². The largest absolute Gasteiger partial charge is 0.418 e. The average Bonchev–Trinajstić information content (AvgIpc) is 3.72. The van der Waals surface area contributed by atoms with Gasteiger partial charge in [0, 0.05) is 19.0 Å². The summed E-state index contributed by atoms with van der Waals surface area (Å²) in [5.74, 6) is 0.303. The molecule has 34 heavy (non-hydrogen) atoms. The van der Waals surface area contributed by atoms with Crippen molar-refractivity contribution >= 4 is 29.2 Å².